The van der Waals surface area contributed by atoms with Crippen molar-refractivity contribution in [3.63, 3.8) is 0 Å². The van der Waals surface area contributed by atoms with E-state index in [9.17, 15) is 0 Å². The summed E-state index contributed by atoms with van der Waals surface area (Å²) in [7, 11) is 0. The number of fused-ring (bicyclic) bond motifs is 1. The zero-order valence-electron chi connectivity index (χ0n) is 16.2. The summed E-state index contributed by atoms with van der Waals surface area (Å²) in [5, 5.41) is 14.2. The van der Waals surface area contributed by atoms with Crippen LogP contribution in [0, 0.1) is 11.3 Å². The van der Waals surface area contributed by atoms with E-state index in [1.807, 2.05) is 22.8 Å². The van der Waals surface area contributed by atoms with Gasteiger partial charge in [-0.1, -0.05) is 32.4 Å². The lowest BCUT2D eigenvalue weighted by atomic mass is 9.93. The SMILES string of the molecule is CC(C)(C)c1cn2nc(N3CCN(c4ncc(C#N)cc4Cl)CC3)ccc2n1. The van der Waals surface area contributed by atoms with Crippen molar-refractivity contribution < 1.29 is 0 Å². The molecule has 3 aromatic rings. The zero-order valence-corrected chi connectivity index (χ0v) is 17.0. The van der Waals surface area contributed by atoms with E-state index in [1.54, 1.807) is 12.3 Å². The molecule has 0 atom stereocenters. The molecular weight excluding hydrogens is 374 g/mol. The lowest BCUT2D eigenvalue weighted by molar-refractivity contribution is 0.572. The molecule has 0 aromatic carbocycles. The van der Waals surface area contributed by atoms with Gasteiger partial charge >= 0.3 is 0 Å². The maximum Gasteiger partial charge on any atom is 0.153 e. The predicted molar refractivity (Wildman–Crippen MR) is 110 cm³/mol. The Hall–Kier alpha value is -2.85. The van der Waals surface area contributed by atoms with Gasteiger partial charge in [0.2, 0.25) is 0 Å². The van der Waals surface area contributed by atoms with E-state index in [1.165, 1.54) is 0 Å². The molecule has 0 saturated carbocycles. The molecule has 8 heteroatoms. The number of hydrogen-bond acceptors (Lipinski definition) is 6. The van der Waals surface area contributed by atoms with Gasteiger partial charge in [-0.05, 0) is 18.2 Å². The van der Waals surface area contributed by atoms with Gasteiger partial charge in [0.15, 0.2) is 5.65 Å². The fraction of sp³-hybridized carbons (Fsp3) is 0.400. The van der Waals surface area contributed by atoms with E-state index in [0.29, 0.717) is 10.6 Å². The highest BCUT2D eigenvalue weighted by molar-refractivity contribution is 6.33. The van der Waals surface area contributed by atoms with Crippen molar-refractivity contribution in [3.05, 3.63) is 46.9 Å². The van der Waals surface area contributed by atoms with Crippen LogP contribution in [-0.2, 0) is 5.41 Å². The molecule has 0 radical (unpaired) electrons. The highest BCUT2D eigenvalue weighted by atomic mass is 35.5. The third kappa shape index (κ3) is 3.48. The topological polar surface area (TPSA) is 73.3 Å². The predicted octanol–water partition coefficient (Wildman–Crippen LogP) is 3.27. The first-order chi connectivity index (χ1) is 13.3. The molecule has 28 heavy (non-hydrogen) atoms. The van der Waals surface area contributed by atoms with Gasteiger partial charge in [-0.3, -0.25) is 0 Å². The molecule has 0 N–H and O–H groups in total. The number of imidazole rings is 1. The zero-order chi connectivity index (χ0) is 19.9. The Morgan fingerprint density at radius 2 is 1.82 bits per heavy atom. The van der Waals surface area contributed by atoms with Crippen LogP contribution in [-0.4, -0.2) is 45.8 Å². The molecule has 0 bridgehead atoms. The van der Waals surface area contributed by atoms with E-state index in [0.717, 1.165) is 49.2 Å². The van der Waals surface area contributed by atoms with Crippen LogP contribution in [0.1, 0.15) is 32.0 Å². The minimum Gasteiger partial charge on any atom is -0.352 e. The average Bonchev–Trinajstić information content (AvgIpc) is 3.12. The minimum atomic E-state index is -0.00709. The van der Waals surface area contributed by atoms with Gasteiger partial charge in [0.1, 0.15) is 17.7 Å². The molecular formula is C20H22ClN7. The normalized spacial score (nSPS) is 15.1. The second-order valence-corrected chi connectivity index (χ2v) is 8.39. The fourth-order valence-electron chi connectivity index (χ4n) is 3.27. The standard InChI is InChI=1S/C20H22ClN7/c1-20(2,3)16-13-28-17(24-16)4-5-18(25-28)26-6-8-27(9-7-26)19-15(21)10-14(11-22)12-23-19/h4-5,10,12-13H,6-9H2,1-3H3. The summed E-state index contributed by atoms with van der Waals surface area (Å²) in [5.41, 5.74) is 2.36. The Morgan fingerprint density at radius 3 is 2.46 bits per heavy atom. The first-order valence-corrected chi connectivity index (χ1v) is 9.65. The number of rotatable bonds is 2. The van der Waals surface area contributed by atoms with Crippen molar-refractivity contribution in [3.8, 4) is 6.07 Å². The molecule has 4 rings (SSSR count). The van der Waals surface area contributed by atoms with Crippen LogP contribution in [0.3, 0.4) is 0 Å². The van der Waals surface area contributed by atoms with Gasteiger partial charge in [0.25, 0.3) is 0 Å². The van der Waals surface area contributed by atoms with E-state index < -0.39 is 0 Å². The molecule has 1 aliphatic rings. The van der Waals surface area contributed by atoms with Gasteiger partial charge in [-0.25, -0.2) is 14.5 Å². The average molecular weight is 396 g/mol. The van der Waals surface area contributed by atoms with Crippen LogP contribution < -0.4 is 9.80 Å². The quantitative estimate of drug-likeness (QED) is 0.663. The number of hydrogen-bond donors (Lipinski definition) is 0. The highest BCUT2D eigenvalue weighted by Crippen LogP contribution is 2.26. The van der Waals surface area contributed by atoms with E-state index in [2.05, 4.69) is 46.6 Å². The summed E-state index contributed by atoms with van der Waals surface area (Å²) in [6.07, 6.45) is 3.57. The fourth-order valence-corrected chi connectivity index (χ4v) is 3.56. The van der Waals surface area contributed by atoms with Gasteiger partial charge in [0.05, 0.1) is 22.5 Å². The first-order valence-electron chi connectivity index (χ1n) is 9.27. The van der Waals surface area contributed by atoms with Crippen molar-refractivity contribution in [1.29, 1.82) is 5.26 Å². The number of nitriles is 1. The summed E-state index contributed by atoms with van der Waals surface area (Å²) in [4.78, 5) is 13.4. The number of piperazine rings is 1. The lowest BCUT2D eigenvalue weighted by Gasteiger charge is -2.36. The number of nitrogens with zero attached hydrogens (tertiary/aromatic N) is 7. The third-order valence-electron chi connectivity index (χ3n) is 4.93. The maximum atomic E-state index is 8.96. The van der Waals surface area contributed by atoms with Gasteiger partial charge in [-0.2, -0.15) is 5.26 Å². The Balaban J connectivity index is 1.50. The molecule has 1 saturated heterocycles. The van der Waals surface area contributed by atoms with Crippen LogP contribution in [0.2, 0.25) is 5.02 Å². The Morgan fingerprint density at radius 1 is 1.11 bits per heavy atom. The summed E-state index contributed by atoms with van der Waals surface area (Å²) >= 11 is 6.31. The van der Waals surface area contributed by atoms with E-state index >= 15 is 0 Å². The molecule has 1 fully saturated rings. The van der Waals surface area contributed by atoms with E-state index in [4.69, 9.17) is 22.0 Å². The number of aromatic nitrogens is 4. The Bertz CT molecular complexity index is 1050. The lowest BCUT2D eigenvalue weighted by Crippen LogP contribution is -2.47. The second-order valence-electron chi connectivity index (χ2n) is 7.99. The minimum absolute atomic E-state index is 0.00709. The second kappa shape index (κ2) is 6.95. The smallest absolute Gasteiger partial charge is 0.153 e. The van der Waals surface area contributed by atoms with Crippen LogP contribution in [0.15, 0.2) is 30.6 Å². The summed E-state index contributed by atoms with van der Waals surface area (Å²) in [5.74, 6) is 1.66. The molecule has 7 nitrogen and oxygen atoms in total. The van der Waals surface area contributed by atoms with Crippen LogP contribution in [0.25, 0.3) is 5.65 Å². The summed E-state index contributed by atoms with van der Waals surface area (Å²) < 4.78 is 1.86. The summed E-state index contributed by atoms with van der Waals surface area (Å²) in [6.45, 7) is 9.66. The Labute approximate surface area is 169 Å². The highest BCUT2D eigenvalue weighted by Gasteiger charge is 2.22. The first kappa shape index (κ1) is 18.5. The van der Waals surface area contributed by atoms with E-state index in [-0.39, 0.29) is 5.41 Å². The monoisotopic (exact) mass is 395 g/mol. The number of pyridine rings is 1. The number of halogens is 1. The van der Waals surface area contributed by atoms with Gasteiger partial charge < -0.3 is 9.80 Å². The summed E-state index contributed by atoms with van der Waals surface area (Å²) in [6, 6.07) is 7.77. The maximum absolute atomic E-state index is 8.96. The van der Waals surface area contributed by atoms with Crippen molar-refractivity contribution in [2.45, 2.75) is 26.2 Å². The van der Waals surface area contributed by atoms with Crippen LogP contribution >= 0.6 is 11.6 Å². The Kier molecular flexibility index (Phi) is 4.60. The molecule has 0 aliphatic carbocycles. The molecule has 0 unspecified atom stereocenters. The van der Waals surface area contributed by atoms with Crippen molar-refractivity contribution in [2.24, 2.45) is 0 Å². The molecule has 144 valence electrons. The van der Waals surface area contributed by atoms with Gasteiger partial charge in [0, 0.05) is 37.8 Å². The third-order valence-corrected chi connectivity index (χ3v) is 5.21. The molecule has 1 aliphatic heterocycles. The largest absolute Gasteiger partial charge is 0.352 e. The number of anilines is 2. The van der Waals surface area contributed by atoms with Gasteiger partial charge in [-0.15, -0.1) is 5.10 Å². The van der Waals surface area contributed by atoms with Crippen LogP contribution in [0.4, 0.5) is 11.6 Å². The van der Waals surface area contributed by atoms with Crippen LogP contribution in [0.5, 0.6) is 0 Å². The van der Waals surface area contributed by atoms with Crippen molar-refractivity contribution >= 4 is 28.9 Å². The molecule has 3 aromatic heterocycles. The molecule has 0 spiro atoms. The molecule has 0 amide bonds. The van der Waals surface area contributed by atoms with Crippen molar-refractivity contribution in [1.82, 2.24) is 19.6 Å². The van der Waals surface area contributed by atoms with Crippen molar-refractivity contribution in [2.75, 3.05) is 36.0 Å². The molecule has 4 heterocycles.